The Hall–Kier alpha value is -0.850. The van der Waals surface area contributed by atoms with Crippen LogP contribution in [0.25, 0.3) is 0 Å². The van der Waals surface area contributed by atoms with E-state index in [1.165, 1.54) is 26.4 Å². The molecular formula is C16H30ClN3O3. The van der Waals surface area contributed by atoms with Crippen LogP contribution in [0.2, 0.25) is 0 Å². The van der Waals surface area contributed by atoms with Crippen molar-refractivity contribution in [1.82, 2.24) is 9.80 Å². The molecule has 0 aromatic carbocycles. The van der Waals surface area contributed by atoms with E-state index in [0.29, 0.717) is 32.6 Å². The van der Waals surface area contributed by atoms with Gasteiger partial charge in [-0.3, -0.25) is 14.5 Å². The van der Waals surface area contributed by atoms with Crippen LogP contribution >= 0.6 is 12.4 Å². The van der Waals surface area contributed by atoms with Crippen LogP contribution in [-0.4, -0.2) is 68.1 Å². The zero-order chi connectivity index (χ0) is 16.0. The highest BCUT2D eigenvalue weighted by atomic mass is 35.5. The van der Waals surface area contributed by atoms with Crippen molar-refractivity contribution in [2.75, 3.05) is 46.4 Å². The number of carbonyl (C=O) groups is 2. The highest BCUT2D eigenvalue weighted by molar-refractivity contribution is 5.85. The quantitative estimate of drug-likeness (QED) is 0.752. The first-order chi connectivity index (χ1) is 10.6. The first-order valence-electron chi connectivity index (χ1n) is 8.35. The normalized spacial score (nSPS) is 21.4. The van der Waals surface area contributed by atoms with Crippen LogP contribution in [0.3, 0.4) is 0 Å². The van der Waals surface area contributed by atoms with Crippen molar-refractivity contribution in [1.29, 1.82) is 0 Å². The van der Waals surface area contributed by atoms with Crippen LogP contribution in [0.1, 0.15) is 38.5 Å². The Morgan fingerprint density at radius 2 is 1.70 bits per heavy atom. The Bertz CT molecular complexity index is 392. The summed E-state index contributed by atoms with van der Waals surface area (Å²) in [6.45, 7) is 3.77. The second kappa shape index (κ2) is 9.45. The zero-order valence-corrected chi connectivity index (χ0v) is 14.9. The summed E-state index contributed by atoms with van der Waals surface area (Å²) in [6.07, 6.45) is 6.40. The molecule has 0 spiro atoms. The summed E-state index contributed by atoms with van der Waals surface area (Å²) in [4.78, 5) is 27.8. The Balaban J connectivity index is 0.00000264. The van der Waals surface area contributed by atoms with Crippen molar-refractivity contribution in [3.8, 4) is 0 Å². The van der Waals surface area contributed by atoms with E-state index in [9.17, 15) is 9.59 Å². The van der Waals surface area contributed by atoms with Gasteiger partial charge < -0.3 is 15.4 Å². The molecule has 2 fully saturated rings. The zero-order valence-electron chi connectivity index (χ0n) is 14.1. The number of hydrogen-bond acceptors (Lipinski definition) is 5. The summed E-state index contributed by atoms with van der Waals surface area (Å²) in [6, 6.07) is 0. The van der Waals surface area contributed by atoms with Crippen molar-refractivity contribution in [2.24, 2.45) is 11.1 Å². The van der Waals surface area contributed by atoms with E-state index in [4.69, 9.17) is 5.73 Å². The predicted octanol–water partition coefficient (Wildman–Crippen LogP) is 1.02. The van der Waals surface area contributed by atoms with E-state index >= 15 is 0 Å². The van der Waals surface area contributed by atoms with Crippen LogP contribution in [0.5, 0.6) is 0 Å². The van der Waals surface area contributed by atoms with E-state index in [-0.39, 0.29) is 29.7 Å². The maximum Gasteiger partial charge on any atom is 0.319 e. The molecule has 1 heterocycles. The Morgan fingerprint density at radius 1 is 1.09 bits per heavy atom. The number of hydrogen-bond donors (Lipinski definition) is 1. The molecule has 6 nitrogen and oxygen atoms in total. The van der Waals surface area contributed by atoms with Gasteiger partial charge in [-0.15, -0.1) is 12.4 Å². The molecule has 2 rings (SSSR count). The smallest absolute Gasteiger partial charge is 0.319 e. The molecule has 0 aromatic rings. The molecule has 1 amide bonds. The number of piperazine rings is 1. The van der Waals surface area contributed by atoms with Gasteiger partial charge in [0.2, 0.25) is 5.91 Å². The third-order valence-electron chi connectivity index (χ3n) is 5.18. The lowest BCUT2D eigenvalue weighted by Gasteiger charge is -2.39. The number of amides is 1. The molecule has 1 aliphatic heterocycles. The molecule has 7 heteroatoms. The largest absolute Gasteiger partial charge is 0.468 e. The lowest BCUT2D eigenvalue weighted by atomic mass is 9.71. The first kappa shape index (κ1) is 20.2. The van der Waals surface area contributed by atoms with Gasteiger partial charge in [-0.1, -0.05) is 19.3 Å². The fraction of sp³-hybridized carbons (Fsp3) is 0.875. The van der Waals surface area contributed by atoms with Gasteiger partial charge in [0.25, 0.3) is 0 Å². The molecule has 0 radical (unpaired) electrons. The second-order valence-electron chi connectivity index (χ2n) is 6.67. The molecule has 0 unspecified atom stereocenters. The molecule has 2 aliphatic rings. The Morgan fingerprint density at radius 3 is 2.22 bits per heavy atom. The SMILES string of the molecule is COC(=O)CN1CCN(C(=O)CC2(CN)CCCCC2)CC1.Cl. The average Bonchev–Trinajstić information content (AvgIpc) is 2.56. The molecule has 0 atom stereocenters. The number of methoxy groups -OCH3 is 1. The van der Waals surface area contributed by atoms with Crippen molar-refractivity contribution < 1.29 is 14.3 Å². The molecule has 1 saturated carbocycles. The maximum atomic E-state index is 12.6. The van der Waals surface area contributed by atoms with E-state index in [1.54, 1.807) is 0 Å². The van der Waals surface area contributed by atoms with Crippen LogP contribution in [-0.2, 0) is 14.3 Å². The summed E-state index contributed by atoms with van der Waals surface area (Å²) >= 11 is 0. The second-order valence-corrected chi connectivity index (χ2v) is 6.67. The standard InChI is InChI=1S/C16H29N3O3.ClH/c1-22-15(21)12-18-7-9-19(10-8-18)14(20)11-16(13-17)5-3-2-4-6-16;/h2-13,17H2,1H3;1H. The molecule has 1 saturated heterocycles. The van der Waals surface area contributed by atoms with E-state index < -0.39 is 0 Å². The van der Waals surface area contributed by atoms with Gasteiger partial charge >= 0.3 is 5.97 Å². The van der Waals surface area contributed by atoms with E-state index in [0.717, 1.165) is 25.9 Å². The molecule has 134 valence electrons. The van der Waals surface area contributed by atoms with Crippen LogP contribution in [0.4, 0.5) is 0 Å². The molecule has 0 bridgehead atoms. The van der Waals surface area contributed by atoms with Gasteiger partial charge in [-0.25, -0.2) is 0 Å². The number of halogens is 1. The minimum Gasteiger partial charge on any atom is -0.468 e. The number of rotatable bonds is 5. The molecule has 0 aromatic heterocycles. The lowest BCUT2D eigenvalue weighted by Crippen LogP contribution is -2.51. The van der Waals surface area contributed by atoms with Crippen LogP contribution < -0.4 is 5.73 Å². The van der Waals surface area contributed by atoms with Gasteiger partial charge in [-0.05, 0) is 24.8 Å². The van der Waals surface area contributed by atoms with Gasteiger partial charge in [0.15, 0.2) is 0 Å². The molecule has 2 N–H and O–H groups in total. The first-order valence-corrected chi connectivity index (χ1v) is 8.35. The number of carbonyl (C=O) groups excluding carboxylic acids is 2. The third-order valence-corrected chi connectivity index (χ3v) is 5.18. The maximum absolute atomic E-state index is 12.6. The highest BCUT2D eigenvalue weighted by Crippen LogP contribution is 2.38. The monoisotopic (exact) mass is 347 g/mol. The third kappa shape index (κ3) is 5.62. The topological polar surface area (TPSA) is 75.9 Å². The Labute approximate surface area is 145 Å². The van der Waals surface area contributed by atoms with Gasteiger partial charge in [0.05, 0.1) is 13.7 Å². The number of ether oxygens (including phenoxy) is 1. The van der Waals surface area contributed by atoms with Crippen molar-refractivity contribution in [2.45, 2.75) is 38.5 Å². The molecule has 1 aliphatic carbocycles. The summed E-state index contributed by atoms with van der Waals surface area (Å²) in [5.41, 5.74) is 6.00. The minimum atomic E-state index is -0.218. The molecular weight excluding hydrogens is 318 g/mol. The van der Waals surface area contributed by atoms with Crippen molar-refractivity contribution in [3.05, 3.63) is 0 Å². The van der Waals surface area contributed by atoms with Crippen molar-refractivity contribution in [3.63, 3.8) is 0 Å². The van der Waals surface area contributed by atoms with Gasteiger partial charge in [0, 0.05) is 32.6 Å². The average molecular weight is 348 g/mol. The van der Waals surface area contributed by atoms with Crippen LogP contribution in [0, 0.1) is 5.41 Å². The van der Waals surface area contributed by atoms with Gasteiger partial charge in [-0.2, -0.15) is 0 Å². The molecule has 23 heavy (non-hydrogen) atoms. The number of nitrogens with zero attached hydrogens (tertiary/aromatic N) is 2. The van der Waals surface area contributed by atoms with Crippen molar-refractivity contribution >= 4 is 24.3 Å². The number of esters is 1. The van der Waals surface area contributed by atoms with Crippen LogP contribution in [0.15, 0.2) is 0 Å². The fourth-order valence-corrected chi connectivity index (χ4v) is 3.59. The summed E-state index contributed by atoms with van der Waals surface area (Å²) in [7, 11) is 1.40. The number of nitrogens with two attached hydrogens (primary N) is 1. The summed E-state index contributed by atoms with van der Waals surface area (Å²) in [5, 5.41) is 0. The highest BCUT2D eigenvalue weighted by Gasteiger charge is 2.35. The van der Waals surface area contributed by atoms with E-state index in [1.807, 2.05) is 9.80 Å². The predicted molar refractivity (Wildman–Crippen MR) is 91.5 cm³/mol. The summed E-state index contributed by atoms with van der Waals surface area (Å²) < 4.78 is 4.68. The minimum absolute atomic E-state index is 0. The van der Waals surface area contributed by atoms with E-state index in [2.05, 4.69) is 4.74 Å². The lowest BCUT2D eigenvalue weighted by molar-refractivity contribution is -0.143. The fourth-order valence-electron chi connectivity index (χ4n) is 3.59. The summed E-state index contributed by atoms with van der Waals surface area (Å²) in [5.74, 6) is 0.00846. The van der Waals surface area contributed by atoms with Gasteiger partial charge in [0.1, 0.15) is 0 Å². The Kier molecular flexibility index (Phi) is 8.29.